The van der Waals surface area contributed by atoms with Crippen molar-refractivity contribution < 1.29 is 9.59 Å². The predicted octanol–water partition coefficient (Wildman–Crippen LogP) is 4.85. The quantitative estimate of drug-likeness (QED) is 0.579. The standard InChI is InChI=1S/C23H24N4O2S/c1-16-14-18(10-12-21(16)26(3)4)24-22(29)13-11-19-15-30-23(25-19)27(17(2)28)20-8-6-5-7-9-20/h5-15H,1-4H3,(H,24,29)/b13-11+. The van der Waals surface area contributed by atoms with Crippen molar-refractivity contribution in [2.24, 2.45) is 0 Å². The zero-order chi connectivity index (χ0) is 21.7. The van der Waals surface area contributed by atoms with Crippen LogP contribution in [0.5, 0.6) is 0 Å². The van der Waals surface area contributed by atoms with Crippen LogP contribution < -0.4 is 15.1 Å². The van der Waals surface area contributed by atoms with Gasteiger partial charge in [-0.25, -0.2) is 4.98 Å². The molecule has 7 heteroatoms. The molecular weight excluding hydrogens is 396 g/mol. The number of benzene rings is 2. The molecule has 1 heterocycles. The van der Waals surface area contributed by atoms with Gasteiger partial charge in [-0.05, 0) is 48.9 Å². The van der Waals surface area contributed by atoms with Crippen molar-refractivity contribution in [1.82, 2.24) is 4.98 Å². The lowest BCUT2D eigenvalue weighted by atomic mass is 10.1. The normalized spacial score (nSPS) is 10.8. The van der Waals surface area contributed by atoms with Crippen molar-refractivity contribution in [2.75, 3.05) is 29.2 Å². The molecule has 30 heavy (non-hydrogen) atoms. The van der Waals surface area contributed by atoms with Gasteiger partial charge in [-0.3, -0.25) is 14.5 Å². The van der Waals surface area contributed by atoms with Crippen molar-refractivity contribution in [2.45, 2.75) is 13.8 Å². The van der Waals surface area contributed by atoms with E-state index in [1.165, 1.54) is 24.3 Å². The summed E-state index contributed by atoms with van der Waals surface area (Å²) in [5, 5.41) is 5.23. The lowest BCUT2D eigenvalue weighted by Crippen LogP contribution is -2.22. The summed E-state index contributed by atoms with van der Waals surface area (Å²) in [5.41, 5.74) is 4.29. The number of amides is 2. The fourth-order valence-electron chi connectivity index (χ4n) is 3.04. The van der Waals surface area contributed by atoms with E-state index in [2.05, 4.69) is 10.3 Å². The van der Waals surface area contributed by atoms with Gasteiger partial charge in [0.1, 0.15) is 0 Å². The topological polar surface area (TPSA) is 65.5 Å². The lowest BCUT2D eigenvalue weighted by molar-refractivity contribution is -0.116. The van der Waals surface area contributed by atoms with Gasteiger partial charge < -0.3 is 10.2 Å². The average molecular weight is 421 g/mol. The Morgan fingerprint density at radius 3 is 2.47 bits per heavy atom. The Morgan fingerprint density at radius 1 is 1.10 bits per heavy atom. The molecule has 2 aromatic carbocycles. The van der Waals surface area contributed by atoms with Gasteiger partial charge in [0.2, 0.25) is 11.8 Å². The molecule has 0 aliphatic rings. The Labute approximate surface area is 180 Å². The highest BCUT2D eigenvalue weighted by molar-refractivity contribution is 7.14. The van der Waals surface area contributed by atoms with Gasteiger partial charge in [0.15, 0.2) is 5.13 Å². The summed E-state index contributed by atoms with van der Waals surface area (Å²) in [4.78, 5) is 32.5. The molecule has 3 rings (SSSR count). The number of aromatic nitrogens is 1. The average Bonchev–Trinajstić information content (AvgIpc) is 3.15. The molecule has 0 spiro atoms. The van der Waals surface area contributed by atoms with E-state index in [1.807, 2.05) is 79.8 Å². The van der Waals surface area contributed by atoms with Crippen LogP contribution in [0.2, 0.25) is 0 Å². The maximum absolute atomic E-state index is 12.3. The highest BCUT2D eigenvalue weighted by atomic mass is 32.1. The summed E-state index contributed by atoms with van der Waals surface area (Å²) < 4.78 is 0. The SMILES string of the molecule is CC(=O)N(c1ccccc1)c1nc(/C=C/C(=O)Nc2ccc(N(C)C)c(C)c2)cs1. The molecule has 0 saturated heterocycles. The van der Waals surface area contributed by atoms with E-state index in [0.29, 0.717) is 10.8 Å². The molecule has 6 nitrogen and oxygen atoms in total. The molecule has 1 N–H and O–H groups in total. The monoisotopic (exact) mass is 420 g/mol. The predicted molar refractivity (Wildman–Crippen MR) is 125 cm³/mol. The maximum Gasteiger partial charge on any atom is 0.248 e. The van der Waals surface area contributed by atoms with Crippen LogP contribution in [-0.2, 0) is 9.59 Å². The highest BCUT2D eigenvalue weighted by Crippen LogP contribution is 2.29. The third-order valence-electron chi connectivity index (χ3n) is 4.38. The maximum atomic E-state index is 12.3. The minimum Gasteiger partial charge on any atom is -0.377 e. The number of anilines is 4. The van der Waals surface area contributed by atoms with Crippen molar-refractivity contribution in [1.29, 1.82) is 0 Å². The number of hydrogen-bond donors (Lipinski definition) is 1. The van der Waals surface area contributed by atoms with Crippen LogP contribution in [0.4, 0.5) is 22.2 Å². The third-order valence-corrected chi connectivity index (χ3v) is 5.23. The van der Waals surface area contributed by atoms with Gasteiger partial charge in [-0.15, -0.1) is 11.3 Å². The second-order valence-electron chi connectivity index (χ2n) is 6.96. The molecule has 0 aliphatic heterocycles. The number of aryl methyl sites for hydroxylation is 1. The Hall–Kier alpha value is -3.45. The minimum absolute atomic E-state index is 0.125. The number of carbonyl (C=O) groups excluding carboxylic acids is 2. The molecule has 1 aromatic heterocycles. The zero-order valence-corrected chi connectivity index (χ0v) is 18.2. The fraction of sp³-hybridized carbons (Fsp3) is 0.174. The van der Waals surface area contributed by atoms with Gasteiger partial charge in [-0.1, -0.05) is 18.2 Å². The Morgan fingerprint density at radius 2 is 1.83 bits per heavy atom. The van der Waals surface area contributed by atoms with Crippen molar-refractivity contribution in [3.05, 3.63) is 71.2 Å². The number of carbonyl (C=O) groups is 2. The van der Waals surface area contributed by atoms with E-state index in [4.69, 9.17) is 0 Å². The molecule has 0 bridgehead atoms. The zero-order valence-electron chi connectivity index (χ0n) is 17.4. The van der Waals surface area contributed by atoms with E-state index < -0.39 is 0 Å². The van der Waals surface area contributed by atoms with Gasteiger partial charge >= 0.3 is 0 Å². The van der Waals surface area contributed by atoms with Crippen LogP contribution in [0, 0.1) is 6.92 Å². The first-order valence-electron chi connectivity index (χ1n) is 9.43. The molecule has 154 valence electrons. The number of thiazole rings is 1. The number of nitrogens with one attached hydrogen (secondary N) is 1. The molecule has 0 atom stereocenters. The summed E-state index contributed by atoms with van der Waals surface area (Å²) in [6, 6.07) is 15.1. The first-order chi connectivity index (χ1) is 14.3. The van der Waals surface area contributed by atoms with Gasteiger partial charge in [0.05, 0.1) is 11.4 Å². The molecule has 0 fully saturated rings. The van der Waals surface area contributed by atoms with E-state index in [1.54, 1.807) is 11.0 Å². The molecule has 3 aromatic rings. The third kappa shape index (κ3) is 5.12. The van der Waals surface area contributed by atoms with Crippen LogP contribution in [0.1, 0.15) is 18.2 Å². The van der Waals surface area contributed by atoms with Crippen LogP contribution in [0.3, 0.4) is 0 Å². The smallest absolute Gasteiger partial charge is 0.248 e. The molecule has 0 saturated carbocycles. The van der Waals surface area contributed by atoms with E-state index in [9.17, 15) is 9.59 Å². The number of nitrogens with zero attached hydrogens (tertiary/aromatic N) is 3. The van der Waals surface area contributed by atoms with E-state index in [0.717, 1.165) is 22.6 Å². The van der Waals surface area contributed by atoms with Crippen LogP contribution in [-0.4, -0.2) is 30.9 Å². The molecular formula is C23H24N4O2S. The Balaban J connectivity index is 1.70. The molecule has 0 unspecified atom stereocenters. The number of rotatable bonds is 6. The second-order valence-corrected chi connectivity index (χ2v) is 7.80. The lowest BCUT2D eigenvalue weighted by Gasteiger charge is -2.17. The van der Waals surface area contributed by atoms with Gasteiger partial charge in [0, 0.05) is 43.8 Å². The summed E-state index contributed by atoms with van der Waals surface area (Å²) in [6.45, 7) is 3.51. The van der Waals surface area contributed by atoms with Crippen molar-refractivity contribution in [3.63, 3.8) is 0 Å². The van der Waals surface area contributed by atoms with E-state index in [-0.39, 0.29) is 11.8 Å². The Bertz CT molecular complexity index is 1070. The van der Waals surface area contributed by atoms with E-state index >= 15 is 0 Å². The minimum atomic E-state index is -0.243. The van der Waals surface area contributed by atoms with Crippen LogP contribution >= 0.6 is 11.3 Å². The highest BCUT2D eigenvalue weighted by Gasteiger charge is 2.17. The number of para-hydroxylation sites is 1. The molecule has 0 radical (unpaired) electrons. The largest absolute Gasteiger partial charge is 0.377 e. The first-order valence-corrected chi connectivity index (χ1v) is 10.3. The summed E-state index contributed by atoms with van der Waals surface area (Å²) >= 11 is 1.35. The Kier molecular flexibility index (Phi) is 6.64. The summed E-state index contributed by atoms with van der Waals surface area (Å²) in [6.07, 6.45) is 3.08. The summed E-state index contributed by atoms with van der Waals surface area (Å²) in [7, 11) is 3.97. The molecule has 2 amide bonds. The summed E-state index contributed by atoms with van der Waals surface area (Å²) in [5.74, 6) is -0.367. The van der Waals surface area contributed by atoms with Gasteiger partial charge in [0.25, 0.3) is 0 Å². The molecule has 0 aliphatic carbocycles. The second kappa shape index (κ2) is 9.37. The van der Waals surface area contributed by atoms with Crippen LogP contribution in [0.25, 0.3) is 6.08 Å². The van der Waals surface area contributed by atoms with Gasteiger partial charge in [-0.2, -0.15) is 0 Å². The first kappa shape index (κ1) is 21.3. The fourth-order valence-corrected chi connectivity index (χ4v) is 3.89. The van der Waals surface area contributed by atoms with Crippen LogP contribution in [0.15, 0.2) is 60.0 Å². The van der Waals surface area contributed by atoms with Crippen molar-refractivity contribution >= 4 is 51.4 Å². The number of hydrogen-bond acceptors (Lipinski definition) is 5. The van der Waals surface area contributed by atoms with Crippen molar-refractivity contribution in [3.8, 4) is 0 Å².